The topological polar surface area (TPSA) is 42.5 Å². The average molecular weight is 413 g/mol. The molecule has 2 aromatic carbocycles. The molecule has 2 aromatic rings. The average Bonchev–Trinajstić information content (AvgIpc) is 2.71. The van der Waals surface area contributed by atoms with Crippen molar-refractivity contribution < 1.29 is 9.47 Å². The summed E-state index contributed by atoms with van der Waals surface area (Å²) >= 11 is 5.58. The first kappa shape index (κ1) is 21.4. The number of aryl methyl sites for hydroxylation is 1. The van der Waals surface area contributed by atoms with E-state index in [4.69, 9.17) is 21.7 Å². The van der Waals surface area contributed by atoms with Crippen LogP contribution < -0.4 is 20.1 Å². The van der Waals surface area contributed by atoms with Gasteiger partial charge < -0.3 is 20.1 Å². The molecule has 0 aromatic heterocycles. The van der Waals surface area contributed by atoms with Gasteiger partial charge in [0.25, 0.3) is 0 Å². The monoisotopic (exact) mass is 412 g/mol. The van der Waals surface area contributed by atoms with Gasteiger partial charge in [-0.05, 0) is 71.3 Å². The highest BCUT2D eigenvalue weighted by atomic mass is 32.1. The van der Waals surface area contributed by atoms with E-state index in [1.165, 1.54) is 22.3 Å². The van der Waals surface area contributed by atoms with E-state index >= 15 is 0 Å². The molecule has 156 valence electrons. The Morgan fingerprint density at radius 3 is 2.34 bits per heavy atom. The summed E-state index contributed by atoms with van der Waals surface area (Å²) in [7, 11) is 3.35. The summed E-state index contributed by atoms with van der Waals surface area (Å²) in [6, 6.07) is 13.1. The first-order valence-corrected chi connectivity index (χ1v) is 10.6. The standard InChI is InChI=1S/C24H32N2O2S/c1-24(2,3)18-11-9-16(10-12-18)15-25-23(29)26-20-8-6-7-17-13-21(27-4)22(28-5)14-19(17)20/h9-14,20H,6-8,15H2,1-5H3,(H2,25,26,29). The van der Waals surface area contributed by atoms with Crippen molar-refractivity contribution in [1.29, 1.82) is 0 Å². The molecule has 29 heavy (non-hydrogen) atoms. The molecule has 1 atom stereocenters. The predicted molar refractivity (Wildman–Crippen MR) is 123 cm³/mol. The largest absolute Gasteiger partial charge is 0.493 e. The van der Waals surface area contributed by atoms with E-state index in [-0.39, 0.29) is 11.5 Å². The Bertz CT molecular complexity index is 856. The number of benzene rings is 2. The zero-order valence-corrected chi connectivity index (χ0v) is 18.9. The van der Waals surface area contributed by atoms with Crippen LogP contribution in [0.4, 0.5) is 0 Å². The van der Waals surface area contributed by atoms with Crippen LogP contribution in [0.3, 0.4) is 0 Å². The third kappa shape index (κ3) is 5.21. The SMILES string of the molecule is COc1cc2c(cc1OC)C(NC(=S)NCc1ccc(C(C)(C)C)cc1)CCC2. The van der Waals surface area contributed by atoms with Gasteiger partial charge in [0, 0.05) is 6.54 Å². The molecule has 4 nitrogen and oxygen atoms in total. The number of thiocarbonyl (C=S) groups is 1. The number of ether oxygens (including phenoxy) is 2. The summed E-state index contributed by atoms with van der Waals surface area (Å²) in [5, 5.41) is 7.52. The second-order valence-electron chi connectivity index (χ2n) is 8.62. The first-order chi connectivity index (χ1) is 13.8. The van der Waals surface area contributed by atoms with Crippen LogP contribution >= 0.6 is 12.2 Å². The lowest BCUT2D eigenvalue weighted by molar-refractivity contribution is 0.352. The molecule has 0 spiro atoms. The van der Waals surface area contributed by atoms with E-state index in [1.807, 2.05) is 0 Å². The van der Waals surface area contributed by atoms with Gasteiger partial charge in [0.1, 0.15) is 0 Å². The maximum absolute atomic E-state index is 5.58. The van der Waals surface area contributed by atoms with Gasteiger partial charge in [-0.1, -0.05) is 45.0 Å². The van der Waals surface area contributed by atoms with Crippen molar-refractivity contribution in [3.8, 4) is 11.5 Å². The van der Waals surface area contributed by atoms with Crippen LogP contribution in [-0.4, -0.2) is 19.3 Å². The molecule has 0 heterocycles. The van der Waals surface area contributed by atoms with Gasteiger partial charge in [-0.3, -0.25) is 0 Å². The highest BCUT2D eigenvalue weighted by Gasteiger charge is 2.23. The molecular formula is C24H32N2O2S. The van der Waals surface area contributed by atoms with Gasteiger partial charge >= 0.3 is 0 Å². The lowest BCUT2D eigenvalue weighted by Crippen LogP contribution is -2.38. The fourth-order valence-corrected chi connectivity index (χ4v) is 4.01. The van der Waals surface area contributed by atoms with Gasteiger partial charge in [0.2, 0.25) is 0 Å². The van der Waals surface area contributed by atoms with E-state index in [9.17, 15) is 0 Å². The van der Waals surface area contributed by atoms with Gasteiger partial charge in [-0.15, -0.1) is 0 Å². The van der Waals surface area contributed by atoms with Crippen molar-refractivity contribution in [2.75, 3.05) is 14.2 Å². The third-order valence-corrected chi connectivity index (χ3v) is 5.80. The predicted octanol–water partition coefficient (Wildman–Crippen LogP) is 5.04. The molecule has 0 aliphatic heterocycles. The second-order valence-corrected chi connectivity index (χ2v) is 9.03. The van der Waals surface area contributed by atoms with Crippen LogP contribution in [0.5, 0.6) is 11.5 Å². The quantitative estimate of drug-likeness (QED) is 0.673. The fraction of sp³-hybridized carbons (Fsp3) is 0.458. The number of fused-ring (bicyclic) bond motifs is 1. The van der Waals surface area contributed by atoms with Crippen molar-refractivity contribution in [3.63, 3.8) is 0 Å². The summed E-state index contributed by atoms with van der Waals surface area (Å²) < 4.78 is 10.9. The van der Waals surface area contributed by atoms with Crippen molar-refractivity contribution >= 4 is 17.3 Å². The maximum Gasteiger partial charge on any atom is 0.167 e. The number of nitrogens with one attached hydrogen (secondary N) is 2. The Hall–Kier alpha value is -2.27. The molecule has 5 heteroatoms. The molecule has 1 aliphatic carbocycles. The number of hydrogen-bond donors (Lipinski definition) is 2. The molecule has 0 saturated heterocycles. The molecule has 0 radical (unpaired) electrons. The highest BCUT2D eigenvalue weighted by molar-refractivity contribution is 7.80. The molecule has 0 fully saturated rings. The summed E-state index contributed by atoms with van der Waals surface area (Å²) in [5.74, 6) is 1.55. The van der Waals surface area contributed by atoms with Crippen molar-refractivity contribution in [2.45, 2.75) is 58.0 Å². The Balaban J connectivity index is 1.63. The van der Waals surface area contributed by atoms with E-state index in [0.717, 1.165) is 30.8 Å². The van der Waals surface area contributed by atoms with Gasteiger partial charge in [-0.25, -0.2) is 0 Å². The zero-order valence-electron chi connectivity index (χ0n) is 18.1. The summed E-state index contributed by atoms with van der Waals surface area (Å²) in [4.78, 5) is 0. The fourth-order valence-electron chi connectivity index (χ4n) is 3.79. The van der Waals surface area contributed by atoms with Crippen LogP contribution in [0, 0.1) is 0 Å². The minimum absolute atomic E-state index is 0.168. The molecule has 0 amide bonds. The molecule has 3 rings (SSSR count). The smallest absolute Gasteiger partial charge is 0.167 e. The molecular weight excluding hydrogens is 380 g/mol. The lowest BCUT2D eigenvalue weighted by Gasteiger charge is -2.28. The molecule has 1 unspecified atom stereocenters. The highest BCUT2D eigenvalue weighted by Crippen LogP contribution is 2.38. The Labute approximate surface area is 180 Å². The normalized spacial score (nSPS) is 16.0. The molecule has 0 saturated carbocycles. The summed E-state index contributed by atoms with van der Waals surface area (Å²) in [6.45, 7) is 7.39. The van der Waals surface area contributed by atoms with Crippen LogP contribution in [0.2, 0.25) is 0 Å². The van der Waals surface area contributed by atoms with Gasteiger partial charge in [-0.2, -0.15) is 0 Å². The van der Waals surface area contributed by atoms with Gasteiger partial charge in [0.15, 0.2) is 16.6 Å². The molecule has 2 N–H and O–H groups in total. The Kier molecular flexibility index (Phi) is 6.68. The Morgan fingerprint density at radius 2 is 1.72 bits per heavy atom. The zero-order chi connectivity index (χ0) is 21.0. The van der Waals surface area contributed by atoms with Crippen LogP contribution in [0.25, 0.3) is 0 Å². The molecule has 1 aliphatic rings. The van der Waals surface area contributed by atoms with E-state index in [2.05, 4.69) is 67.8 Å². The minimum atomic E-state index is 0.168. The van der Waals surface area contributed by atoms with E-state index in [1.54, 1.807) is 14.2 Å². The van der Waals surface area contributed by atoms with Crippen molar-refractivity contribution in [1.82, 2.24) is 10.6 Å². The second kappa shape index (κ2) is 9.04. The summed E-state index contributed by atoms with van der Waals surface area (Å²) in [6.07, 6.45) is 3.22. The van der Waals surface area contributed by atoms with Gasteiger partial charge in [0.05, 0.1) is 20.3 Å². The van der Waals surface area contributed by atoms with Crippen molar-refractivity contribution in [3.05, 3.63) is 58.7 Å². The summed E-state index contributed by atoms with van der Waals surface area (Å²) in [5.41, 5.74) is 5.27. The van der Waals surface area contributed by atoms with E-state index in [0.29, 0.717) is 11.7 Å². The van der Waals surface area contributed by atoms with Crippen LogP contribution in [0.1, 0.15) is 61.9 Å². The van der Waals surface area contributed by atoms with E-state index < -0.39 is 0 Å². The number of hydrogen-bond acceptors (Lipinski definition) is 3. The third-order valence-electron chi connectivity index (χ3n) is 5.54. The number of rotatable bonds is 5. The maximum atomic E-state index is 5.58. The minimum Gasteiger partial charge on any atom is -0.493 e. The van der Waals surface area contributed by atoms with Crippen molar-refractivity contribution in [2.24, 2.45) is 0 Å². The van der Waals surface area contributed by atoms with Crippen LogP contribution in [0.15, 0.2) is 36.4 Å². The Morgan fingerprint density at radius 1 is 1.07 bits per heavy atom. The lowest BCUT2D eigenvalue weighted by atomic mass is 9.87. The van der Waals surface area contributed by atoms with Crippen LogP contribution in [-0.2, 0) is 18.4 Å². The number of methoxy groups -OCH3 is 2. The first-order valence-electron chi connectivity index (χ1n) is 10.2. The molecule has 0 bridgehead atoms.